The SMILES string of the molecule is NCCO.Nc1ccc(Sc2ccnc(CCCO)n2)cc1.Nc1ccc(Sc2ccnc(Cl)n2)cc1. The molecule has 0 radical (unpaired) electrons. The van der Waals surface area contributed by atoms with Gasteiger partial charge in [0, 0.05) is 53.1 Å². The van der Waals surface area contributed by atoms with Crippen molar-refractivity contribution in [2.75, 3.05) is 31.2 Å². The van der Waals surface area contributed by atoms with Crippen molar-refractivity contribution in [3.8, 4) is 0 Å². The Bertz CT molecular complexity index is 1180. The molecule has 9 nitrogen and oxygen atoms in total. The van der Waals surface area contributed by atoms with Crippen molar-refractivity contribution in [2.24, 2.45) is 5.73 Å². The van der Waals surface area contributed by atoms with E-state index in [0.29, 0.717) is 19.4 Å². The van der Waals surface area contributed by atoms with E-state index in [0.717, 1.165) is 37.0 Å². The van der Waals surface area contributed by atoms with Gasteiger partial charge in [-0.2, -0.15) is 0 Å². The summed E-state index contributed by atoms with van der Waals surface area (Å²) >= 11 is 8.77. The van der Waals surface area contributed by atoms with Crippen LogP contribution in [-0.4, -0.2) is 49.9 Å². The zero-order chi connectivity index (χ0) is 26.9. The molecule has 37 heavy (non-hydrogen) atoms. The van der Waals surface area contributed by atoms with Crippen LogP contribution in [0.15, 0.2) is 92.9 Å². The van der Waals surface area contributed by atoms with Crippen molar-refractivity contribution in [3.05, 3.63) is 84.2 Å². The number of rotatable bonds is 8. The summed E-state index contributed by atoms with van der Waals surface area (Å²) < 4.78 is 0. The van der Waals surface area contributed by atoms with Crippen LogP contribution in [0.3, 0.4) is 0 Å². The van der Waals surface area contributed by atoms with E-state index in [1.165, 1.54) is 11.8 Å². The zero-order valence-electron chi connectivity index (χ0n) is 20.1. The lowest BCUT2D eigenvalue weighted by Gasteiger charge is -2.03. The van der Waals surface area contributed by atoms with Gasteiger partial charge in [0.25, 0.3) is 0 Å². The number of aliphatic hydroxyl groups is 2. The number of hydrogen-bond donors (Lipinski definition) is 5. The maximum atomic E-state index is 8.79. The Balaban J connectivity index is 0.000000230. The third-order valence-corrected chi connectivity index (χ3v) is 6.24. The summed E-state index contributed by atoms with van der Waals surface area (Å²) in [6.07, 6.45) is 4.77. The van der Waals surface area contributed by atoms with Gasteiger partial charge in [-0.3, -0.25) is 0 Å². The molecule has 0 bridgehead atoms. The van der Waals surface area contributed by atoms with Gasteiger partial charge >= 0.3 is 0 Å². The molecule has 0 fully saturated rings. The first kappa shape index (κ1) is 30.3. The number of benzene rings is 2. The van der Waals surface area contributed by atoms with Crippen molar-refractivity contribution in [1.82, 2.24) is 19.9 Å². The molecule has 0 atom stereocenters. The van der Waals surface area contributed by atoms with E-state index < -0.39 is 0 Å². The highest BCUT2D eigenvalue weighted by Crippen LogP contribution is 2.27. The largest absolute Gasteiger partial charge is 0.399 e. The van der Waals surface area contributed by atoms with E-state index in [4.69, 9.17) is 39.0 Å². The van der Waals surface area contributed by atoms with Crippen molar-refractivity contribution in [1.29, 1.82) is 0 Å². The van der Waals surface area contributed by atoms with Gasteiger partial charge in [-0.25, -0.2) is 19.9 Å². The van der Waals surface area contributed by atoms with E-state index in [2.05, 4.69) is 19.9 Å². The number of anilines is 2. The number of halogens is 1. The molecule has 0 saturated heterocycles. The Morgan fingerprint density at radius 3 is 1.65 bits per heavy atom. The number of nitrogens with two attached hydrogens (primary N) is 3. The topological polar surface area (TPSA) is 170 Å². The zero-order valence-corrected chi connectivity index (χ0v) is 22.5. The van der Waals surface area contributed by atoms with Crippen molar-refractivity contribution in [2.45, 2.75) is 32.7 Å². The van der Waals surface area contributed by atoms with Gasteiger partial charge < -0.3 is 27.4 Å². The van der Waals surface area contributed by atoms with Gasteiger partial charge in [-0.15, -0.1) is 0 Å². The molecule has 4 aromatic rings. The van der Waals surface area contributed by atoms with Gasteiger partial charge in [-0.1, -0.05) is 23.5 Å². The minimum atomic E-state index is 0.0972. The van der Waals surface area contributed by atoms with Gasteiger partial charge in [0.2, 0.25) is 5.28 Å². The fourth-order valence-corrected chi connectivity index (χ4v) is 4.25. The van der Waals surface area contributed by atoms with Crippen LogP contribution in [-0.2, 0) is 6.42 Å². The minimum absolute atomic E-state index is 0.0972. The predicted octanol–water partition coefficient (Wildman–Crippen LogP) is 3.94. The molecular formula is C25H30ClN7O2S2. The van der Waals surface area contributed by atoms with Gasteiger partial charge in [0.1, 0.15) is 15.9 Å². The maximum Gasteiger partial charge on any atom is 0.223 e. The Hall–Kier alpha value is -2.93. The van der Waals surface area contributed by atoms with E-state index in [1.54, 1.807) is 24.2 Å². The van der Waals surface area contributed by atoms with Crippen molar-refractivity contribution in [3.63, 3.8) is 0 Å². The molecule has 196 valence electrons. The number of aryl methyl sites for hydroxylation is 1. The van der Waals surface area contributed by atoms with Crippen LogP contribution >= 0.6 is 35.1 Å². The molecule has 12 heteroatoms. The first-order valence-corrected chi connectivity index (χ1v) is 13.2. The summed E-state index contributed by atoms with van der Waals surface area (Å²) in [5.74, 6) is 0.768. The summed E-state index contributed by atoms with van der Waals surface area (Å²) in [6.45, 7) is 0.638. The van der Waals surface area contributed by atoms with Crippen LogP contribution in [0.25, 0.3) is 0 Å². The van der Waals surface area contributed by atoms with Crippen LogP contribution in [0.2, 0.25) is 5.28 Å². The molecule has 0 aliphatic carbocycles. The van der Waals surface area contributed by atoms with E-state index in [1.807, 2.05) is 60.7 Å². The smallest absolute Gasteiger partial charge is 0.223 e. The highest BCUT2D eigenvalue weighted by Gasteiger charge is 2.02. The number of hydrogen-bond acceptors (Lipinski definition) is 11. The van der Waals surface area contributed by atoms with Gasteiger partial charge in [0.15, 0.2) is 0 Å². The predicted molar refractivity (Wildman–Crippen MR) is 151 cm³/mol. The molecule has 2 aromatic carbocycles. The summed E-state index contributed by atoms with van der Waals surface area (Å²) in [7, 11) is 0. The van der Waals surface area contributed by atoms with Crippen LogP contribution in [0.1, 0.15) is 12.2 Å². The monoisotopic (exact) mass is 559 g/mol. The lowest BCUT2D eigenvalue weighted by atomic mass is 10.3. The first-order valence-electron chi connectivity index (χ1n) is 11.2. The number of nitrogen functional groups attached to an aromatic ring is 2. The first-order chi connectivity index (χ1) is 17.9. The van der Waals surface area contributed by atoms with E-state index in [-0.39, 0.29) is 18.5 Å². The third kappa shape index (κ3) is 12.7. The quantitative estimate of drug-likeness (QED) is 0.120. The number of nitrogens with zero attached hydrogens (tertiary/aromatic N) is 4. The van der Waals surface area contributed by atoms with Gasteiger partial charge in [-0.05, 0) is 78.7 Å². The lowest BCUT2D eigenvalue weighted by Crippen LogP contribution is -2.02. The molecule has 4 rings (SSSR count). The van der Waals surface area contributed by atoms with Crippen molar-refractivity contribution >= 4 is 46.5 Å². The van der Waals surface area contributed by atoms with Crippen LogP contribution in [0, 0.1) is 0 Å². The summed E-state index contributed by atoms with van der Waals surface area (Å²) in [4.78, 5) is 18.7. The average Bonchev–Trinajstić information content (AvgIpc) is 2.91. The lowest BCUT2D eigenvalue weighted by molar-refractivity contribution is 0.287. The molecule has 2 aromatic heterocycles. The van der Waals surface area contributed by atoms with Crippen LogP contribution in [0.4, 0.5) is 11.4 Å². The second-order valence-electron chi connectivity index (χ2n) is 7.16. The average molecular weight is 560 g/mol. The molecule has 8 N–H and O–H groups in total. The highest BCUT2D eigenvalue weighted by atomic mass is 35.5. The third-order valence-electron chi connectivity index (χ3n) is 4.17. The number of aliphatic hydroxyl groups excluding tert-OH is 2. The molecule has 0 saturated carbocycles. The Morgan fingerprint density at radius 2 is 1.19 bits per heavy atom. The minimum Gasteiger partial charge on any atom is -0.399 e. The molecule has 0 spiro atoms. The second kappa shape index (κ2) is 17.5. The molecular weight excluding hydrogens is 530 g/mol. The fourth-order valence-electron chi connectivity index (χ4n) is 2.48. The highest BCUT2D eigenvalue weighted by molar-refractivity contribution is 7.99. The Morgan fingerprint density at radius 1 is 0.703 bits per heavy atom. The van der Waals surface area contributed by atoms with Gasteiger partial charge in [0.05, 0.1) is 6.61 Å². The van der Waals surface area contributed by atoms with Crippen LogP contribution in [0.5, 0.6) is 0 Å². The van der Waals surface area contributed by atoms with Crippen LogP contribution < -0.4 is 17.2 Å². The van der Waals surface area contributed by atoms with E-state index in [9.17, 15) is 0 Å². The second-order valence-corrected chi connectivity index (χ2v) is 9.68. The summed E-state index contributed by atoms with van der Waals surface area (Å²) in [6, 6.07) is 19.0. The Kier molecular flexibility index (Phi) is 14.3. The fraction of sp³-hybridized carbons (Fsp3) is 0.200. The normalized spacial score (nSPS) is 10.1. The molecule has 0 aliphatic heterocycles. The van der Waals surface area contributed by atoms with Crippen molar-refractivity contribution < 1.29 is 10.2 Å². The molecule has 0 unspecified atom stereocenters. The standard InChI is InChI=1S/C13H15N3OS.C10H8ClN3S.C2H7NO/c14-10-3-5-11(6-4-10)18-13-7-8-15-12(16-13)2-1-9-17;11-10-13-6-5-9(14-10)15-8-3-1-7(12)2-4-8;3-1-2-4/h3-8,17H,1-2,9,14H2;1-6H,12H2;4H,1-3H2. The van der Waals surface area contributed by atoms with E-state index >= 15 is 0 Å². The maximum absolute atomic E-state index is 8.79. The molecule has 0 aliphatic rings. The number of aromatic nitrogens is 4. The Labute approximate surface area is 229 Å². The molecule has 2 heterocycles. The summed E-state index contributed by atoms with van der Waals surface area (Å²) in [5.41, 5.74) is 17.5. The summed E-state index contributed by atoms with van der Waals surface area (Å²) in [5, 5.41) is 18.5. The molecule has 0 amide bonds.